The lowest BCUT2D eigenvalue weighted by Gasteiger charge is -2.12. The first-order chi connectivity index (χ1) is 12.5. The van der Waals surface area contributed by atoms with E-state index in [1.54, 1.807) is 49.5 Å². The van der Waals surface area contributed by atoms with Crippen molar-refractivity contribution in [3.05, 3.63) is 65.1 Å². The average Bonchev–Trinajstić information content (AvgIpc) is 2.88. The summed E-state index contributed by atoms with van der Waals surface area (Å²) in [5.74, 6) is 0.445. The molecule has 0 unspecified atom stereocenters. The van der Waals surface area contributed by atoms with Gasteiger partial charge in [0.15, 0.2) is 16.6 Å². The Morgan fingerprint density at radius 1 is 1.23 bits per heavy atom. The minimum absolute atomic E-state index is 0.0859. The molecule has 0 aliphatic carbocycles. The number of nitrogens with zero attached hydrogens (tertiary/aromatic N) is 1. The van der Waals surface area contributed by atoms with Crippen molar-refractivity contribution >= 4 is 29.3 Å². The van der Waals surface area contributed by atoms with Crippen LogP contribution in [-0.4, -0.2) is 30.1 Å². The number of amides is 1. The minimum Gasteiger partial charge on any atom is -0.493 e. The molecule has 0 radical (unpaired) electrons. The van der Waals surface area contributed by atoms with Gasteiger partial charge >= 0.3 is 0 Å². The first-order valence-electron chi connectivity index (χ1n) is 7.84. The Morgan fingerprint density at radius 3 is 2.65 bits per heavy atom. The molecule has 0 atom stereocenters. The molecule has 1 heterocycles. The third-order valence-electron chi connectivity index (χ3n) is 3.92. The highest BCUT2D eigenvalue weighted by Gasteiger charge is 2.26. The lowest BCUT2D eigenvalue weighted by Crippen LogP contribution is -2.25. The van der Waals surface area contributed by atoms with Crippen molar-refractivity contribution in [3.8, 4) is 11.5 Å². The van der Waals surface area contributed by atoms with E-state index in [0.717, 1.165) is 5.56 Å². The second-order valence-corrected chi connectivity index (χ2v) is 6.03. The third kappa shape index (κ3) is 3.67. The maximum absolute atomic E-state index is 13.7. The molecular weight excluding hydrogens is 355 g/mol. The van der Waals surface area contributed by atoms with Crippen LogP contribution in [-0.2, 0) is 11.4 Å². The van der Waals surface area contributed by atoms with Crippen LogP contribution in [0.1, 0.15) is 11.1 Å². The van der Waals surface area contributed by atoms with E-state index in [9.17, 15) is 9.18 Å². The van der Waals surface area contributed by atoms with Gasteiger partial charge in [0.25, 0.3) is 5.91 Å². The smallest absolute Gasteiger partial charge is 0.276 e. The number of methoxy groups -OCH3 is 1. The Bertz CT molecular complexity index is 898. The highest BCUT2D eigenvalue weighted by molar-refractivity contribution is 7.80. The van der Waals surface area contributed by atoms with Crippen LogP contribution in [0.3, 0.4) is 0 Å². The molecule has 2 aromatic carbocycles. The number of likely N-dealkylation sites (N-methyl/N-ethyl adjacent to an activating group) is 1. The largest absolute Gasteiger partial charge is 0.493 e. The van der Waals surface area contributed by atoms with Crippen molar-refractivity contribution < 1.29 is 18.7 Å². The molecule has 1 aliphatic rings. The normalized spacial score (nSPS) is 15.3. The van der Waals surface area contributed by atoms with E-state index < -0.39 is 0 Å². The molecule has 1 saturated heterocycles. The predicted molar refractivity (Wildman–Crippen MR) is 100 cm³/mol. The van der Waals surface area contributed by atoms with E-state index in [-0.39, 0.29) is 18.3 Å². The van der Waals surface area contributed by atoms with Crippen molar-refractivity contribution in [1.82, 2.24) is 10.2 Å². The number of hydrogen-bond acceptors (Lipinski definition) is 4. The third-order valence-corrected chi connectivity index (χ3v) is 4.30. The summed E-state index contributed by atoms with van der Waals surface area (Å²) in [6.07, 6.45) is 1.68. The number of thiocarbonyl (C=S) groups is 1. The van der Waals surface area contributed by atoms with Gasteiger partial charge in [-0.25, -0.2) is 4.39 Å². The first-order valence-corrected chi connectivity index (χ1v) is 8.25. The molecule has 1 N–H and O–H groups in total. The predicted octanol–water partition coefficient (Wildman–Crippen LogP) is 3.10. The summed E-state index contributed by atoms with van der Waals surface area (Å²) in [7, 11) is 3.13. The van der Waals surface area contributed by atoms with Gasteiger partial charge in [0.1, 0.15) is 18.1 Å². The fourth-order valence-electron chi connectivity index (χ4n) is 2.45. The monoisotopic (exact) mass is 372 g/mol. The molecule has 7 heteroatoms. The lowest BCUT2D eigenvalue weighted by molar-refractivity contribution is -0.121. The van der Waals surface area contributed by atoms with Crippen molar-refractivity contribution in [2.45, 2.75) is 6.61 Å². The summed E-state index contributed by atoms with van der Waals surface area (Å²) in [5.41, 5.74) is 1.59. The van der Waals surface area contributed by atoms with E-state index in [4.69, 9.17) is 21.7 Å². The molecule has 0 bridgehead atoms. The molecule has 0 saturated carbocycles. The second kappa shape index (κ2) is 7.53. The molecule has 0 aromatic heterocycles. The number of rotatable bonds is 5. The van der Waals surface area contributed by atoms with Gasteiger partial charge < -0.3 is 14.8 Å². The quantitative estimate of drug-likeness (QED) is 0.646. The van der Waals surface area contributed by atoms with Crippen molar-refractivity contribution in [1.29, 1.82) is 0 Å². The Hall–Kier alpha value is -2.93. The summed E-state index contributed by atoms with van der Waals surface area (Å²) in [4.78, 5) is 13.4. The summed E-state index contributed by atoms with van der Waals surface area (Å²) < 4.78 is 24.7. The molecule has 5 nitrogen and oxygen atoms in total. The Labute approximate surface area is 156 Å². The van der Waals surface area contributed by atoms with Gasteiger partial charge in [-0.2, -0.15) is 0 Å². The summed E-state index contributed by atoms with van der Waals surface area (Å²) in [6.45, 7) is 0.0859. The zero-order chi connectivity index (χ0) is 18.7. The number of nitrogens with one attached hydrogen (secondary N) is 1. The number of benzene rings is 2. The van der Waals surface area contributed by atoms with Crippen LogP contribution in [0.15, 0.2) is 48.2 Å². The van der Waals surface area contributed by atoms with Crippen LogP contribution < -0.4 is 14.8 Å². The van der Waals surface area contributed by atoms with Crippen LogP contribution >= 0.6 is 12.2 Å². The van der Waals surface area contributed by atoms with Gasteiger partial charge in [-0.1, -0.05) is 24.3 Å². The maximum Gasteiger partial charge on any atom is 0.276 e. The van der Waals surface area contributed by atoms with Crippen LogP contribution in [0.4, 0.5) is 4.39 Å². The van der Waals surface area contributed by atoms with E-state index in [1.165, 1.54) is 18.1 Å². The first kappa shape index (κ1) is 17.9. The fourth-order valence-corrected chi connectivity index (χ4v) is 2.65. The van der Waals surface area contributed by atoms with Crippen molar-refractivity contribution in [2.75, 3.05) is 14.2 Å². The Balaban J connectivity index is 1.79. The summed E-state index contributed by atoms with van der Waals surface area (Å²) in [5, 5.41) is 3.22. The highest BCUT2D eigenvalue weighted by Crippen LogP contribution is 2.30. The Morgan fingerprint density at radius 2 is 2.00 bits per heavy atom. The van der Waals surface area contributed by atoms with E-state index >= 15 is 0 Å². The van der Waals surface area contributed by atoms with Gasteiger partial charge in [-0.3, -0.25) is 9.69 Å². The minimum atomic E-state index is -0.321. The van der Waals surface area contributed by atoms with Gasteiger partial charge in [0, 0.05) is 12.6 Å². The standard InChI is InChI=1S/C19H17FN2O3S/c1-22-18(23)15(21-19(22)26)9-12-7-8-16(17(10-12)24-2)25-11-13-5-3-4-6-14(13)20/h3-10H,11H2,1-2H3,(H,21,26)/b15-9+. The van der Waals surface area contributed by atoms with Crippen molar-refractivity contribution in [3.63, 3.8) is 0 Å². The molecule has 1 aliphatic heterocycles. The van der Waals surface area contributed by atoms with E-state index in [1.807, 2.05) is 0 Å². The molecule has 2 aromatic rings. The second-order valence-electron chi connectivity index (χ2n) is 5.64. The topological polar surface area (TPSA) is 50.8 Å². The summed E-state index contributed by atoms with van der Waals surface area (Å²) >= 11 is 5.05. The van der Waals surface area contributed by atoms with E-state index in [0.29, 0.717) is 27.9 Å². The van der Waals surface area contributed by atoms with Crippen LogP contribution in [0, 0.1) is 5.82 Å². The number of carbonyl (C=O) groups is 1. The average molecular weight is 372 g/mol. The van der Waals surface area contributed by atoms with Crippen molar-refractivity contribution in [2.24, 2.45) is 0 Å². The fraction of sp³-hybridized carbons (Fsp3) is 0.158. The number of ether oxygens (including phenoxy) is 2. The summed E-state index contributed by atoms with van der Waals surface area (Å²) in [6, 6.07) is 11.7. The molecule has 1 amide bonds. The number of halogens is 1. The maximum atomic E-state index is 13.7. The highest BCUT2D eigenvalue weighted by atomic mass is 32.1. The van der Waals surface area contributed by atoms with Gasteiger partial charge in [0.05, 0.1) is 7.11 Å². The molecule has 3 rings (SSSR count). The SMILES string of the molecule is COc1cc(/C=C2/NC(=S)N(C)C2=O)ccc1OCc1ccccc1F. The lowest BCUT2D eigenvalue weighted by atomic mass is 10.1. The zero-order valence-electron chi connectivity index (χ0n) is 14.3. The molecular formula is C19H17FN2O3S. The molecule has 134 valence electrons. The molecule has 1 fully saturated rings. The molecule has 26 heavy (non-hydrogen) atoms. The van der Waals surface area contributed by atoms with Gasteiger partial charge in [-0.15, -0.1) is 0 Å². The van der Waals surface area contributed by atoms with Crippen LogP contribution in [0.25, 0.3) is 6.08 Å². The zero-order valence-corrected chi connectivity index (χ0v) is 15.1. The number of carbonyl (C=O) groups excluding carboxylic acids is 1. The van der Waals surface area contributed by atoms with Crippen LogP contribution in [0.5, 0.6) is 11.5 Å². The van der Waals surface area contributed by atoms with E-state index in [2.05, 4.69) is 5.32 Å². The number of hydrogen-bond donors (Lipinski definition) is 1. The van der Waals surface area contributed by atoms with Crippen LogP contribution in [0.2, 0.25) is 0 Å². The van der Waals surface area contributed by atoms with Gasteiger partial charge in [0.2, 0.25) is 0 Å². The molecule has 0 spiro atoms. The van der Waals surface area contributed by atoms with Gasteiger partial charge in [-0.05, 0) is 42.1 Å². The Kier molecular flexibility index (Phi) is 5.18.